The minimum atomic E-state index is -1.53. The number of ether oxygens (including phenoxy) is 1. The second-order valence-electron chi connectivity index (χ2n) is 10.3. The van der Waals surface area contributed by atoms with Gasteiger partial charge in [-0.1, -0.05) is 27.2 Å². The average Bonchev–Trinajstić information content (AvgIpc) is 3.32. The summed E-state index contributed by atoms with van der Waals surface area (Å²) in [7, 11) is 0. The quantitative estimate of drug-likeness (QED) is 0.539. The van der Waals surface area contributed by atoms with Crippen LogP contribution in [-0.2, 0) is 14.3 Å². The maximum atomic E-state index is 13.5. The number of epoxide rings is 1. The van der Waals surface area contributed by atoms with E-state index in [1.807, 2.05) is 6.92 Å². The molecule has 26 heavy (non-hydrogen) atoms. The Labute approximate surface area is 152 Å². The van der Waals surface area contributed by atoms with Gasteiger partial charge in [-0.25, -0.2) is 0 Å². The van der Waals surface area contributed by atoms with Gasteiger partial charge in [0.2, 0.25) is 0 Å². The highest BCUT2D eigenvalue weighted by Gasteiger charge is 2.86. The van der Waals surface area contributed by atoms with Crippen LogP contribution in [0.4, 0.5) is 0 Å². The Kier molecular flexibility index (Phi) is 3.05. The molecular formula is C20H28O6. The van der Waals surface area contributed by atoms with Crippen molar-refractivity contribution in [2.24, 2.45) is 34.0 Å². The van der Waals surface area contributed by atoms with Crippen LogP contribution >= 0.6 is 0 Å². The molecule has 6 heteroatoms. The molecule has 4 saturated carbocycles. The molecule has 0 unspecified atom stereocenters. The highest BCUT2D eigenvalue weighted by Crippen LogP contribution is 2.72. The summed E-state index contributed by atoms with van der Waals surface area (Å²) in [6.07, 6.45) is -0.651. The third-order valence-electron chi connectivity index (χ3n) is 8.94. The highest BCUT2D eigenvalue weighted by molar-refractivity contribution is 6.07. The van der Waals surface area contributed by atoms with Crippen molar-refractivity contribution in [3.8, 4) is 0 Å². The standard InChI is InChI=1S/C20H28O6/c1-17(2)5-4-6-18(3)9(17)7-10(21)20-14(18)13(23)12(22)11(15(20)24)19(8-26-19)16(20)25/h9-12,14-15,21-22,24H,4-8H2,1-3H3/t9-,10-,11-,12-,14+,15-,18-,19-,20+/m1/s1. The van der Waals surface area contributed by atoms with Gasteiger partial charge in [0.15, 0.2) is 17.2 Å². The number of carbonyl (C=O) groups excluding carboxylic acids is 2. The molecule has 5 aliphatic rings. The van der Waals surface area contributed by atoms with Crippen LogP contribution < -0.4 is 0 Å². The van der Waals surface area contributed by atoms with E-state index < -0.39 is 46.6 Å². The van der Waals surface area contributed by atoms with Gasteiger partial charge in [0, 0.05) is 5.92 Å². The first-order chi connectivity index (χ1) is 12.0. The fraction of sp³-hybridized carbons (Fsp3) is 0.900. The number of carbonyl (C=O) groups is 2. The number of hydrogen-bond acceptors (Lipinski definition) is 6. The Hall–Kier alpha value is -0.820. The van der Waals surface area contributed by atoms with Crippen LogP contribution in [-0.4, -0.2) is 57.4 Å². The van der Waals surface area contributed by atoms with Gasteiger partial charge in [0.25, 0.3) is 0 Å². The molecule has 4 aliphatic carbocycles. The molecule has 1 heterocycles. The monoisotopic (exact) mass is 364 g/mol. The molecule has 1 saturated heterocycles. The van der Waals surface area contributed by atoms with Crippen molar-refractivity contribution in [3.05, 3.63) is 0 Å². The summed E-state index contributed by atoms with van der Waals surface area (Å²) in [4.78, 5) is 26.9. The summed E-state index contributed by atoms with van der Waals surface area (Å²) in [6.45, 7) is 6.46. The van der Waals surface area contributed by atoms with E-state index in [2.05, 4.69) is 13.8 Å². The van der Waals surface area contributed by atoms with Crippen molar-refractivity contribution in [1.29, 1.82) is 0 Å². The molecule has 0 aromatic heterocycles. The van der Waals surface area contributed by atoms with Crippen molar-refractivity contribution in [1.82, 2.24) is 0 Å². The summed E-state index contributed by atoms with van der Waals surface area (Å²) in [5.41, 5.74) is -3.41. The van der Waals surface area contributed by atoms with Gasteiger partial charge in [-0.05, 0) is 36.0 Å². The minimum Gasteiger partial charge on any atom is -0.392 e. The van der Waals surface area contributed by atoms with E-state index in [0.29, 0.717) is 6.42 Å². The van der Waals surface area contributed by atoms with Gasteiger partial charge in [0.1, 0.15) is 6.10 Å². The summed E-state index contributed by atoms with van der Waals surface area (Å²) in [5, 5.41) is 33.1. The van der Waals surface area contributed by atoms with E-state index in [4.69, 9.17) is 4.74 Å². The number of aliphatic hydroxyl groups is 3. The predicted molar refractivity (Wildman–Crippen MR) is 90.0 cm³/mol. The normalized spacial score (nSPS) is 59.9. The van der Waals surface area contributed by atoms with Gasteiger partial charge < -0.3 is 20.1 Å². The summed E-state index contributed by atoms with van der Waals surface area (Å²) in [5.74, 6) is -2.50. The van der Waals surface area contributed by atoms with Crippen molar-refractivity contribution in [2.75, 3.05) is 6.61 Å². The molecular weight excluding hydrogens is 336 g/mol. The number of rotatable bonds is 0. The molecule has 1 aliphatic heterocycles. The first-order valence-corrected chi connectivity index (χ1v) is 9.82. The number of ketones is 2. The molecule has 144 valence electrons. The second-order valence-corrected chi connectivity index (χ2v) is 10.3. The van der Waals surface area contributed by atoms with Crippen molar-refractivity contribution < 1.29 is 29.6 Å². The van der Waals surface area contributed by atoms with Crippen LogP contribution in [0.25, 0.3) is 0 Å². The van der Waals surface area contributed by atoms with E-state index in [0.717, 1.165) is 19.3 Å². The lowest BCUT2D eigenvalue weighted by atomic mass is 9.39. The molecule has 0 radical (unpaired) electrons. The maximum Gasteiger partial charge on any atom is 0.179 e. The molecule has 2 spiro atoms. The highest BCUT2D eigenvalue weighted by atomic mass is 16.6. The lowest BCUT2D eigenvalue weighted by Crippen LogP contribution is -2.71. The molecule has 3 N–H and O–H groups in total. The first kappa shape index (κ1) is 17.3. The maximum absolute atomic E-state index is 13.5. The number of Topliss-reactive ketones (excluding diaryl/α,β-unsaturated/α-hetero) is 2. The Morgan fingerprint density at radius 2 is 1.73 bits per heavy atom. The molecule has 9 atom stereocenters. The molecule has 2 bridgehead atoms. The molecule has 0 aromatic rings. The van der Waals surface area contributed by atoms with Crippen LogP contribution in [0, 0.1) is 34.0 Å². The Morgan fingerprint density at radius 3 is 2.35 bits per heavy atom. The van der Waals surface area contributed by atoms with Gasteiger partial charge in [-0.2, -0.15) is 0 Å². The Morgan fingerprint density at radius 1 is 1.08 bits per heavy atom. The van der Waals surface area contributed by atoms with Crippen LogP contribution in [0.2, 0.25) is 0 Å². The number of aliphatic hydroxyl groups excluding tert-OH is 3. The molecule has 5 fully saturated rings. The average molecular weight is 364 g/mol. The summed E-state index contributed by atoms with van der Waals surface area (Å²) < 4.78 is 5.44. The fourth-order valence-electron chi connectivity index (χ4n) is 7.85. The molecule has 6 nitrogen and oxygen atoms in total. The lowest BCUT2D eigenvalue weighted by molar-refractivity contribution is -0.230. The Bertz CT molecular complexity index is 711. The van der Waals surface area contributed by atoms with E-state index in [1.165, 1.54) is 0 Å². The zero-order chi connectivity index (χ0) is 18.9. The SMILES string of the molecule is CC1(C)CCC[C@]2(C)[C@@H]1C[C@@H](O)[C@@]13C(=O)[C@@]4(CO4)[C@@H]([C@H]1O)[C@@H](O)C(=O)[C@@H]23. The van der Waals surface area contributed by atoms with E-state index >= 15 is 0 Å². The molecule has 0 amide bonds. The lowest BCUT2D eigenvalue weighted by Gasteiger charge is -2.64. The van der Waals surface area contributed by atoms with Crippen molar-refractivity contribution in [3.63, 3.8) is 0 Å². The van der Waals surface area contributed by atoms with Crippen LogP contribution in [0.3, 0.4) is 0 Å². The van der Waals surface area contributed by atoms with Crippen LogP contribution in [0.5, 0.6) is 0 Å². The van der Waals surface area contributed by atoms with Crippen LogP contribution in [0.1, 0.15) is 46.5 Å². The van der Waals surface area contributed by atoms with Gasteiger partial charge in [-0.15, -0.1) is 0 Å². The van der Waals surface area contributed by atoms with E-state index in [-0.39, 0.29) is 29.5 Å². The largest absolute Gasteiger partial charge is 0.392 e. The third kappa shape index (κ3) is 1.54. The molecule has 5 rings (SSSR count). The fourth-order valence-corrected chi connectivity index (χ4v) is 7.85. The first-order valence-electron chi connectivity index (χ1n) is 9.82. The predicted octanol–water partition coefficient (Wildman–Crippen LogP) is 0.459. The molecule has 0 aromatic carbocycles. The zero-order valence-corrected chi connectivity index (χ0v) is 15.6. The summed E-state index contributed by atoms with van der Waals surface area (Å²) >= 11 is 0. The second kappa shape index (κ2) is 4.59. The number of hydrogen-bond donors (Lipinski definition) is 3. The van der Waals surface area contributed by atoms with E-state index in [1.54, 1.807) is 0 Å². The Balaban J connectivity index is 1.75. The van der Waals surface area contributed by atoms with Crippen LogP contribution in [0.15, 0.2) is 0 Å². The van der Waals surface area contributed by atoms with Crippen molar-refractivity contribution in [2.45, 2.75) is 70.4 Å². The minimum absolute atomic E-state index is 0.0544. The number of fused-ring (bicyclic) bond motifs is 4. The van der Waals surface area contributed by atoms with Crippen molar-refractivity contribution >= 4 is 11.6 Å². The summed E-state index contributed by atoms with van der Waals surface area (Å²) in [6, 6.07) is 0. The van der Waals surface area contributed by atoms with Gasteiger partial charge in [-0.3, -0.25) is 9.59 Å². The van der Waals surface area contributed by atoms with E-state index in [9.17, 15) is 24.9 Å². The topological polar surface area (TPSA) is 107 Å². The van der Waals surface area contributed by atoms with Gasteiger partial charge >= 0.3 is 0 Å². The zero-order valence-electron chi connectivity index (χ0n) is 15.6. The van der Waals surface area contributed by atoms with Gasteiger partial charge in [0.05, 0.1) is 30.1 Å². The third-order valence-corrected chi connectivity index (χ3v) is 8.94. The smallest absolute Gasteiger partial charge is 0.179 e.